The number of carbonyl (C=O) groups excluding carboxylic acids is 1. The third-order valence-corrected chi connectivity index (χ3v) is 6.02. The highest BCUT2D eigenvalue weighted by atomic mass is 32.2. The van der Waals surface area contributed by atoms with Crippen molar-refractivity contribution in [2.75, 3.05) is 6.26 Å². The Kier molecular flexibility index (Phi) is 5.27. The van der Waals surface area contributed by atoms with E-state index in [1.165, 1.54) is 6.08 Å². The van der Waals surface area contributed by atoms with E-state index < -0.39 is 15.7 Å². The maximum atomic E-state index is 12.4. The number of aliphatic imine (C=N–C) groups is 1. The second-order valence-corrected chi connectivity index (χ2v) is 9.16. The van der Waals surface area contributed by atoms with Crippen LogP contribution in [0.15, 0.2) is 69.6 Å². The second-order valence-electron chi connectivity index (χ2n) is 6.52. The summed E-state index contributed by atoms with van der Waals surface area (Å²) in [5.41, 5.74) is 1.68. The van der Waals surface area contributed by atoms with Gasteiger partial charge < -0.3 is 4.74 Å². The predicted octanol–water partition coefficient (Wildman–Crippen LogP) is 2.89. The standard InChI is InChI=1S/C20H16N4O4S2/c1-30(26,27)20-23-29-19-22-18(25)16(17(21)24(19)20)11-13-7-9-15(10-8-13)28-12-14-5-3-2-4-6-14/h2-11,21H,12H2,1H3/b16-11-,21-17?. The fourth-order valence-electron chi connectivity index (χ4n) is 2.81. The lowest BCUT2D eigenvalue weighted by Crippen LogP contribution is -2.45. The summed E-state index contributed by atoms with van der Waals surface area (Å²) in [7, 11) is -3.68. The fraction of sp³-hybridized carbons (Fsp3) is 0.100. The van der Waals surface area contributed by atoms with Crippen LogP contribution in [0.5, 0.6) is 5.75 Å². The van der Waals surface area contributed by atoms with Gasteiger partial charge in [0, 0.05) is 6.26 Å². The zero-order valence-corrected chi connectivity index (χ0v) is 17.4. The van der Waals surface area contributed by atoms with Gasteiger partial charge >= 0.3 is 0 Å². The highest BCUT2D eigenvalue weighted by Crippen LogP contribution is 2.29. The van der Waals surface area contributed by atoms with Crippen LogP contribution in [0.1, 0.15) is 11.1 Å². The summed E-state index contributed by atoms with van der Waals surface area (Å²) in [5, 5.41) is 8.10. The minimum atomic E-state index is -3.68. The fourth-order valence-corrected chi connectivity index (χ4v) is 4.65. The number of carbonyl (C=O) groups is 1. The highest BCUT2D eigenvalue weighted by Gasteiger charge is 2.41. The Hall–Kier alpha value is -3.24. The number of amidine groups is 3. The minimum absolute atomic E-state index is 0.0180. The highest BCUT2D eigenvalue weighted by molar-refractivity contribution is 8.16. The first-order valence-corrected chi connectivity index (χ1v) is 11.4. The largest absolute Gasteiger partial charge is 0.489 e. The number of sulfone groups is 1. The summed E-state index contributed by atoms with van der Waals surface area (Å²) in [6.45, 7) is 0.433. The Balaban J connectivity index is 1.54. The molecule has 0 aromatic heterocycles. The molecular formula is C20H16N4O4S2. The van der Waals surface area contributed by atoms with E-state index in [2.05, 4.69) is 9.39 Å². The van der Waals surface area contributed by atoms with E-state index in [1.807, 2.05) is 30.3 Å². The second kappa shape index (κ2) is 7.88. The molecule has 1 amide bonds. The molecule has 0 unspecified atom stereocenters. The molecule has 0 saturated heterocycles. The molecule has 0 saturated carbocycles. The van der Waals surface area contributed by atoms with Crippen LogP contribution in [0.2, 0.25) is 0 Å². The van der Waals surface area contributed by atoms with Gasteiger partial charge in [-0.05, 0) is 29.3 Å². The van der Waals surface area contributed by atoms with E-state index in [9.17, 15) is 13.2 Å². The summed E-state index contributed by atoms with van der Waals surface area (Å²) in [5.74, 6) is -0.231. The van der Waals surface area contributed by atoms with Gasteiger partial charge in [0.1, 0.15) is 18.2 Å². The molecule has 0 fully saturated rings. The van der Waals surface area contributed by atoms with Crippen molar-refractivity contribution < 1.29 is 17.9 Å². The number of nitrogens with zero attached hydrogens (tertiary/aromatic N) is 3. The maximum Gasteiger partial charge on any atom is 0.283 e. The molecule has 0 aliphatic carbocycles. The van der Waals surface area contributed by atoms with E-state index in [-0.39, 0.29) is 21.7 Å². The summed E-state index contributed by atoms with van der Waals surface area (Å²) < 4.78 is 33.4. The van der Waals surface area contributed by atoms with Crippen molar-refractivity contribution in [2.45, 2.75) is 6.61 Å². The topological polar surface area (TPSA) is 112 Å². The third kappa shape index (κ3) is 4.05. The minimum Gasteiger partial charge on any atom is -0.489 e. The van der Waals surface area contributed by atoms with Crippen LogP contribution in [0.25, 0.3) is 6.08 Å². The molecule has 1 N–H and O–H groups in total. The first-order valence-electron chi connectivity index (χ1n) is 8.78. The normalized spacial score (nSPS) is 17.6. The Labute approximate surface area is 177 Å². The van der Waals surface area contributed by atoms with Crippen LogP contribution >= 0.6 is 11.9 Å². The lowest BCUT2D eigenvalue weighted by molar-refractivity contribution is -0.114. The molecule has 2 heterocycles. The van der Waals surface area contributed by atoms with Crippen molar-refractivity contribution in [1.82, 2.24) is 4.90 Å². The number of nitrogens with one attached hydrogen (secondary N) is 1. The average molecular weight is 441 g/mol. The van der Waals surface area contributed by atoms with Crippen molar-refractivity contribution in [2.24, 2.45) is 9.39 Å². The molecule has 0 atom stereocenters. The number of ether oxygens (including phenoxy) is 1. The van der Waals surface area contributed by atoms with E-state index in [4.69, 9.17) is 10.1 Å². The van der Waals surface area contributed by atoms with Gasteiger partial charge in [-0.1, -0.05) is 42.5 Å². The van der Waals surface area contributed by atoms with E-state index in [1.54, 1.807) is 24.3 Å². The van der Waals surface area contributed by atoms with E-state index in [0.29, 0.717) is 17.9 Å². The number of benzene rings is 2. The van der Waals surface area contributed by atoms with Crippen LogP contribution in [-0.2, 0) is 21.2 Å². The summed E-state index contributed by atoms with van der Waals surface area (Å²) in [4.78, 5) is 17.3. The van der Waals surface area contributed by atoms with E-state index in [0.717, 1.165) is 28.7 Å². The zero-order valence-electron chi connectivity index (χ0n) is 15.8. The molecule has 2 aliphatic heterocycles. The van der Waals surface area contributed by atoms with Crippen molar-refractivity contribution in [3.05, 3.63) is 71.3 Å². The Morgan fingerprint density at radius 3 is 2.50 bits per heavy atom. The average Bonchev–Trinajstić information content (AvgIpc) is 3.16. The van der Waals surface area contributed by atoms with Gasteiger partial charge in [0.2, 0.25) is 20.2 Å². The monoisotopic (exact) mass is 440 g/mol. The molecule has 10 heteroatoms. The van der Waals surface area contributed by atoms with Crippen LogP contribution < -0.4 is 4.74 Å². The first-order chi connectivity index (χ1) is 14.3. The predicted molar refractivity (Wildman–Crippen MR) is 117 cm³/mol. The SMILES string of the molecule is CS(=O)(=O)C1=NSC2=NC(=O)/C(=C\c3ccc(OCc4ccccc4)cc3)C(=N)N21. The van der Waals surface area contributed by atoms with Crippen molar-refractivity contribution in [1.29, 1.82) is 5.41 Å². The molecule has 2 aromatic carbocycles. The Morgan fingerprint density at radius 1 is 1.13 bits per heavy atom. The summed E-state index contributed by atoms with van der Waals surface area (Å²) in [6.07, 6.45) is 2.49. The van der Waals surface area contributed by atoms with Gasteiger partial charge in [-0.3, -0.25) is 10.2 Å². The van der Waals surface area contributed by atoms with Crippen LogP contribution in [-0.4, -0.2) is 41.7 Å². The summed E-state index contributed by atoms with van der Waals surface area (Å²) >= 11 is 0.762. The lowest BCUT2D eigenvalue weighted by atomic mass is 10.1. The van der Waals surface area contributed by atoms with Gasteiger partial charge in [0.25, 0.3) is 5.91 Å². The number of fused-ring (bicyclic) bond motifs is 1. The lowest BCUT2D eigenvalue weighted by Gasteiger charge is -2.23. The van der Waals surface area contributed by atoms with Gasteiger partial charge in [-0.25, -0.2) is 13.3 Å². The molecule has 8 nitrogen and oxygen atoms in total. The first kappa shape index (κ1) is 20.0. The quantitative estimate of drug-likeness (QED) is 0.578. The van der Waals surface area contributed by atoms with Crippen LogP contribution in [0.3, 0.4) is 0 Å². The third-order valence-electron chi connectivity index (χ3n) is 4.27. The maximum absolute atomic E-state index is 12.4. The van der Waals surface area contributed by atoms with E-state index >= 15 is 0 Å². The van der Waals surface area contributed by atoms with Gasteiger partial charge in [-0.15, -0.1) is 0 Å². The smallest absolute Gasteiger partial charge is 0.283 e. The van der Waals surface area contributed by atoms with Crippen molar-refractivity contribution in [3.63, 3.8) is 0 Å². The number of hydrogen-bond donors (Lipinski definition) is 1. The van der Waals surface area contributed by atoms with Crippen LogP contribution in [0, 0.1) is 5.41 Å². The van der Waals surface area contributed by atoms with Crippen LogP contribution in [0.4, 0.5) is 0 Å². The molecule has 152 valence electrons. The molecule has 30 heavy (non-hydrogen) atoms. The summed E-state index contributed by atoms with van der Waals surface area (Å²) in [6, 6.07) is 16.8. The van der Waals surface area contributed by atoms with Crippen molar-refractivity contribution >= 4 is 49.9 Å². The molecule has 4 rings (SSSR count). The van der Waals surface area contributed by atoms with Gasteiger partial charge in [0.05, 0.1) is 17.5 Å². The molecule has 2 aromatic rings. The molecule has 2 aliphatic rings. The number of rotatable bonds is 4. The molecular weight excluding hydrogens is 424 g/mol. The van der Waals surface area contributed by atoms with Gasteiger partial charge in [-0.2, -0.15) is 9.39 Å². The molecule has 0 radical (unpaired) electrons. The zero-order chi connectivity index (χ0) is 21.3. The Bertz CT molecular complexity index is 1220. The molecule has 0 spiro atoms. The molecule has 0 bridgehead atoms. The number of hydrogen-bond acceptors (Lipinski definition) is 7. The number of amides is 1. The van der Waals surface area contributed by atoms with Gasteiger partial charge in [0.15, 0.2) is 0 Å². The Morgan fingerprint density at radius 2 is 1.83 bits per heavy atom. The van der Waals surface area contributed by atoms with Crippen molar-refractivity contribution in [3.8, 4) is 5.75 Å².